The number of anilines is 1. The molecule has 0 amide bonds. The third-order valence-corrected chi connectivity index (χ3v) is 5.55. The highest BCUT2D eigenvalue weighted by molar-refractivity contribution is 5.62. The van der Waals surface area contributed by atoms with Crippen LogP contribution in [0.5, 0.6) is 11.5 Å². The molecule has 0 saturated carbocycles. The molecule has 2 aromatic carbocycles. The van der Waals surface area contributed by atoms with E-state index >= 15 is 0 Å². The van der Waals surface area contributed by atoms with Crippen molar-refractivity contribution in [3.05, 3.63) is 90.6 Å². The van der Waals surface area contributed by atoms with Crippen LogP contribution in [0, 0.1) is 0 Å². The predicted molar refractivity (Wildman–Crippen MR) is 128 cm³/mol. The van der Waals surface area contributed by atoms with Crippen molar-refractivity contribution < 1.29 is 4.74 Å². The molecule has 3 aromatic rings. The molecule has 2 heterocycles. The molecule has 5 heteroatoms. The van der Waals surface area contributed by atoms with Crippen LogP contribution in [-0.2, 0) is 6.42 Å². The highest BCUT2D eigenvalue weighted by atomic mass is 16.5. The normalized spacial score (nSPS) is 14.3. The summed E-state index contributed by atoms with van der Waals surface area (Å²) in [6, 6.07) is 22.3. The molecule has 0 aliphatic carbocycles. The average molecular weight is 415 g/mol. The Morgan fingerprint density at radius 3 is 2.48 bits per heavy atom. The molecule has 1 fully saturated rings. The first-order chi connectivity index (χ1) is 15.2. The lowest BCUT2D eigenvalue weighted by Gasteiger charge is -2.33. The summed E-state index contributed by atoms with van der Waals surface area (Å²) in [4.78, 5) is 9.34. The number of aromatic nitrogens is 1. The number of benzene rings is 2. The molecule has 0 radical (unpaired) electrons. The van der Waals surface area contributed by atoms with Crippen LogP contribution in [0.3, 0.4) is 0 Å². The Morgan fingerprint density at radius 2 is 1.74 bits per heavy atom. The van der Waals surface area contributed by atoms with Crippen LogP contribution in [0.1, 0.15) is 11.1 Å². The summed E-state index contributed by atoms with van der Waals surface area (Å²) in [7, 11) is 2.16. The summed E-state index contributed by atoms with van der Waals surface area (Å²) in [5, 5.41) is 3.43. The Hall–Kier alpha value is -3.31. The van der Waals surface area contributed by atoms with Crippen molar-refractivity contribution in [1.82, 2.24) is 15.2 Å². The second kappa shape index (κ2) is 10.1. The van der Waals surface area contributed by atoms with Crippen molar-refractivity contribution in [3.8, 4) is 11.5 Å². The van der Waals surface area contributed by atoms with Gasteiger partial charge in [-0.15, -0.1) is 0 Å². The molecule has 1 aliphatic heterocycles. The molecule has 160 valence electrons. The molecular weight excluding hydrogens is 384 g/mol. The second-order valence-corrected chi connectivity index (χ2v) is 7.91. The van der Waals surface area contributed by atoms with Gasteiger partial charge in [-0.2, -0.15) is 0 Å². The number of rotatable bonds is 8. The van der Waals surface area contributed by atoms with Crippen molar-refractivity contribution >= 4 is 11.5 Å². The van der Waals surface area contributed by atoms with Gasteiger partial charge in [-0.25, -0.2) is 4.98 Å². The summed E-state index contributed by atoms with van der Waals surface area (Å²) in [5.41, 5.74) is 3.14. The molecule has 1 saturated heterocycles. The van der Waals surface area contributed by atoms with Gasteiger partial charge in [0.15, 0.2) is 0 Å². The lowest BCUT2D eigenvalue weighted by molar-refractivity contribution is 0.312. The Bertz CT molecular complexity index is 980. The zero-order chi connectivity index (χ0) is 21.5. The third-order valence-electron chi connectivity index (χ3n) is 5.55. The molecule has 4 rings (SSSR count). The number of nitrogens with zero attached hydrogens (tertiary/aromatic N) is 3. The lowest BCUT2D eigenvalue weighted by atomic mass is 10.1. The van der Waals surface area contributed by atoms with Gasteiger partial charge in [0.25, 0.3) is 0 Å². The summed E-state index contributed by atoms with van der Waals surface area (Å²) in [5.74, 6) is 2.74. The van der Waals surface area contributed by atoms with Crippen LogP contribution in [0.4, 0.5) is 5.82 Å². The highest BCUT2D eigenvalue weighted by Gasteiger charge is 2.15. The largest absolute Gasteiger partial charge is 0.457 e. The standard InChI is InChI=1S/C26H30N4O/c1-21(23-11-12-26(28-20-23)30-17-15-29(2)16-18-30)27-14-13-22-7-6-10-25(19-22)31-24-8-4-3-5-9-24/h3-12,19-20,27H,1,13-18H2,2H3. The van der Waals surface area contributed by atoms with E-state index in [0.29, 0.717) is 0 Å². The van der Waals surface area contributed by atoms with Gasteiger partial charge in [0.2, 0.25) is 0 Å². The number of para-hydroxylation sites is 1. The summed E-state index contributed by atoms with van der Waals surface area (Å²) in [6.07, 6.45) is 2.80. The summed E-state index contributed by atoms with van der Waals surface area (Å²) < 4.78 is 5.93. The Morgan fingerprint density at radius 1 is 0.968 bits per heavy atom. The minimum Gasteiger partial charge on any atom is -0.457 e. The van der Waals surface area contributed by atoms with E-state index in [2.05, 4.69) is 58.0 Å². The number of pyridine rings is 1. The molecule has 0 unspecified atom stereocenters. The maximum Gasteiger partial charge on any atom is 0.128 e. The van der Waals surface area contributed by atoms with Crippen molar-refractivity contribution in [2.75, 3.05) is 44.7 Å². The molecule has 0 atom stereocenters. The average Bonchev–Trinajstić information content (AvgIpc) is 2.81. The molecule has 31 heavy (non-hydrogen) atoms. The van der Waals surface area contributed by atoms with E-state index in [4.69, 9.17) is 4.74 Å². The maximum absolute atomic E-state index is 5.93. The Labute approximate surface area is 185 Å². The number of nitrogens with one attached hydrogen (secondary N) is 1. The van der Waals surface area contributed by atoms with E-state index in [-0.39, 0.29) is 0 Å². The SMILES string of the molecule is C=C(NCCc1cccc(Oc2ccccc2)c1)c1ccc(N2CCN(C)CC2)nc1. The van der Waals surface area contributed by atoms with Gasteiger partial charge in [0, 0.05) is 50.2 Å². The molecule has 1 aliphatic rings. The van der Waals surface area contributed by atoms with E-state index in [0.717, 1.165) is 67.7 Å². The molecule has 5 nitrogen and oxygen atoms in total. The highest BCUT2D eigenvalue weighted by Crippen LogP contribution is 2.22. The van der Waals surface area contributed by atoms with Crippen molar-refractivity contribution in [2.24, 2.45) is 0 Å². The smallest absolute Gasteiger partial charge is 0.128 e. The van der Waals surface area contributed by atoms with Gasteiger partial charge < -0.3 is 19.9 Å². The quantitative estimate of drug-likeness (QED) is 0.591. The number of hydrogen-bond donors (Lipinski definition) is 1. The number of likely N-dealkylation sites (N-methyl/N-ethyl adjacent to an activating group) is 1. The first-order valence-electron chi connectivity index (χ1n) is 10.8. The lowest BCUT2D eigenvalue weighted by Crippen LogP contribution is -2.44. The minimum absolute atomic E-state index is 0.799. The minimum atomic E-state index is 0.799. The summed E-state index contributed by atoms with van der Waals surface area (Å²) in [6.45, 7) is 9.19. The number of piperazine rings is 1. The van der Waals surface area contributed by atoms with E-state index < -0.39 is 0 Å². The maximum atomic E-state index is 5.93. The Balaban J connectivity index is 1.27. The van der Waals surface area contributed by atoms with Gasteiger partial charge in [-0.05, 0) is 55.4 Å². The summed E-state index contributed by atoms with van der Waals surface area (Å²) >= 11 is 0. The van der Waals surface area contributed by atoms with E-state index in [1.54, 1.807) is 0 Å². The second-order valence-electron chi connectivity index (χ2n) is 7.91. The monoisotopic (exact) mass is 414 g/mol. The zero-order valence-corrected chi connectivity index (χ0v) is 18.1. The predicted octanol–water partition coefficient (Wildman–Crippen LogP) is 4.43. The number of hydrogen-bond acceptors (Lipinski definition) is 5. The zero-order valence-electron chi connectivity index (χ0n) is 18.1. The van der Waals surface area contributed by atoms with Crippen LogP contribution in [0.15, 0.2) is 79.5 Å². The van der Waals surface area contributed by atoms with Crippen LogP contribution >= 0.6 is 0 Å². The first kappa shape index (κ1) is 20.9. The number of ether oxygens (including phenoxy) is 1. The van der Waals surface area contributed by atoms with Crippen molar-refractivity contribution in [1.29, 1.82) is 0 Å². The fourth-order valence-corrected chi connectivity index (χ4v) is 3.64. The van der Waals surface area contributed by atoms with Crippen molar-refractivity contribution in [3.63, 3.8) is 0 Å². The topological polar surface area (TPSA) is 40.6 Å². The van der Waals surface area contributed by atoms with Gasteiger partial charge >= 0.3 is 0 Å². The van der Waals surface area contributed by atoms with Gasteiger partial charge in [-0.1, -0.05) is 36.9 Å². The van der Waals surface area contributed by atoms with Crippen LogP contribution in [0.25, 0.3) is 5.70 Å². The fourth-order valence-electron chi connectivity index (χ4n) is 3.64. The fraction of sp³-hybridized carbons (Fsp3) is 0.269. The molecule has 1 aromatic heterocycles. The van der Waals surface area contributed by atoms with Crippen molar-refractivity contribution in [2.45, 2.75) is 6.42 Å². The van der Waals surface area contributed by atoms with Gasteiger partial charge in [-0.3, -0.25) is 0 Å². The van der Waals surface area contributed by atoms with Gasteiger partial charge in [0.1, 0.15) is 17.3 Å². The first-order valence-corrected chi connectivity index (χ1v) is 10.8. The van der Waals surface area contributed by atoms with Crippen LogP contribution < -0.4 is 15.0 Å². The van der Waals surface area contributed by atoms with Crippen LogP contribution in [0.2, 0.25) is 0 Å². The third kappa shape index (κ3) is 5.86. The molecule has 0 spiro atoms. The molecule has 0 bridgehead atoms. The van der Waals surface area contributed by atoms with E-state index in [1.807, 2.05) is 48.7 Å². The Kier molecular flexibility index (Phi) is 6.85. The van der Waals surface area contributed by atoms with E-state index in [1.165, 1.54) is 5.56 Å². The van der Waals surface area contributed by atoms with E-state index in [9.17, 15) is 0 Å². The van der Waals surface area contributed by atoms with Gasteiger partial charge in [0.05, 0.1) is 0 Å². The van der Waals surface area contributed by atoms with Crippen LogP contribution in [-0.4, -0.2) is 49.7 Å². The molecule has 1 N–H and O–H groups in total. The molecular formula is C26H30N4O.